The third-order valence-electron chi connectivity index (χ3n) is 1.63. The number of methoxy groups -OCH3 is 1. The normalized spacial score (nSPS) is 9.08. The number of nitriles is 1. The van der Waals surface area contributed by atoms with Crippen LogP contribution in [-0.2, 0) is 0 Å². The van der Waals surface area contributed by atoms with Gasteiger partial charge < -0.3 is 10.5 Å². The zero-order chi connectivity index (χ0) is 9.14. The van der Waals surface area contributed by atoms with Crippen molar-refractivity contribution < 1.29 is 4.74 Å². The van der Waals surface area contributed by atoms with E-state index in [9.17, 15) is 0 Å². The summed E-state index contributed by atoms with van der Waals surface area (Å²) in [5.74, 6) is 0.562. The fourth-order valence-electron chi connectivity index (χ4n) is 1.03. The smallest absolute Gasteiger partial charge is 0.143 e. The summed E-state index contributed by atoms with van der Waals surface area (Å²) in [5, 5.41) is 8.68. The lowest BCUT2D eigenvalue weighted by molar-refractivity contribution is 0.416. The van der Waals surface area contributed by atoms with Crippen molar-refractivity contribution in [1.82, 2.24) is 0 Å². The van der Waals surface area contributed by atoms with Crippen molar-refractivity contribution in [2.24, 2.45) is 0 Å². The van der Waals surface area contributed by atoms with Gasteiger partial charge in [0, 0.05) is 0 Å². The topological polar surface area (TPSA) is 59.0 Å². The molecule has 1 rings (SSSR count). The van der Waals surface area contributed by atoms with Crippen molar-refractivity contribution in [3.8, 4) is 11.8 Å². The first-order chi connectivity index (χ1) is 5.69. The van der Waals surface area contributed by atoms with Crippen LogP contribution in [0.1, 0.15) is 11.1 Å². The van der Waals surface area contributed by atoms with Gasteiger partial charge >= 0.3 is 0 Å². The minimum Gasteiger partial charge on any atom is -0.495 e. The molecule has 0 aromatic heterocycles. The third-order valence-corrected chi connectivity index (χ3v) is 1.63. The van der Waals surface area contributed by atoms with Gasteiger partial charge in [0.05, 0.1) is 18.4 Å². The van der Waals surface area contributed by atoms with Crippen LogP contribution < -0.4 is 10.5 Å². The minimum absolute atomic E-state index is 0.408. The molecule has 0 heterocycles. The molecule has 3 nitrogen and oxygen atoms in total. The van der Waals surface area contributed by atoms with Gasteiger partial charge in [0.1, 0.15) is 11.8 Å². The Hall–Kier alpha value is -1.69. The molecule has 0 spiro atoms. The predicted molar refractivity (Wildman–Crippen MR) is 46.9 cm³/mol. The maximum absolute atomic E-state index is 8.68. The van der Waals surface area contributed by atoms with Gasteiger partial charge in [-0.25, -0.2) is 0 Å². The molecule has 0 fully saturated rings. The Morgan fingerprint density at radius 3 is 2.67 bits per heavy atom. The van der Waals surface area contributed by atoms with E-state index in [0.29, 0.717) is 17.0 Å². The van der Waals surface area contributed by atoms with Gasteiger partial charge in [0.15, 0.2) is 0 Å². The summed E-state index contributed by atoms with van der Waals surface area (Å²) < 4.78 is 4.99. The van der Waals surface area contributed by atoms with Gasteiger partial charge in [-0.1, -0.05) is 0 Å². The summed E-state index contributed by atoms with van der Waals surface area (Å²) in [5.41, 5.74) is 7.47. The number of nitrogens with two attached hydrogens (primary N) is 1. The molecule has 0 atom stereocenters. The number of anilines is 1. The van der Waals surface area contributed by atoms with E-state index >= 15 is 0 Å². The molecule has 0 amide bonds. The second kappa shape index (κ2) is 3.14. The lowest BCUT2D eigenvalue weighted by atomic mass is 10.1. The highest BCUT2D eigenvalue weighted by Gasteiger charge is 2.05. The number of aryl methyl sites for hydroxylation is 1. The summed E-state index contributed by atoms with van der Waals surface area (Å²) >= 11 is 0. The van der Waals surface area contributed by atoms with E-state index in [0.717, 1.165) is 5.56 Å². The molecule has 12 heavy (non-hydrogen) atoms. The second-order valence-corrected chi connectivity index (χ2v) is 2.54. The van der Waals surface area contributed by atoms with Crippen LogP contribution in [0.2, 0.25) is 0 Å². The molecule has 0 aliphatic rings. The van der Waals surface area contributed by atoms with Crippen LogP contribution in [0.3, 0.4) is 0 Å². The van der Waals surface area contributed by atoms with Crippen molar-refractivity contribution in [3.05, 3.63) is 23.3 Å². The van der Waals surface area contributed by atoms with E-state index in [-0.39, 0.29) is 0 Å². The van der Waals surface area contributed by atoms with Crippen LogP contribution >= 0.6 is 0 Å². The van der Waals surface area contributed by atoms with Gasteiger partial charge in [0.25, 0.3) is 0 Å². The maximum atomic E-state index is 8.68. The first kappa shape index (κ1) is 8.41. The molecule has 0 bridgehead atoms. The van der Waals surface area contributed by atoms with E-state index in [1.807, 2.05) is 13.0 Å². The Morgan fingerprint density at radius 1 is 1.50 bits per heavy atom. The molecular formula is C9H10N2O. The molecular weight excluding hydrogens is 152 g/mol. The molecule has 3 heteroatoms. The SMILES string of the molecule is COc1cc(C)cc(C#N)c1N. The summed E-state index contributed by atoms with van der Waals surface area (Å²) in [7, 11) is 1.53. The third kappa shape index (κ3) is 1.32. The Balaban J connectivity index is 3.34. The van der Waals surface area contributed by atoms with Crippen molar-refractivity contribution in [2.75, 3.05) is 12.8 Å². The number of hydrogen-bond acceptors (Lipinski definition) is 3. The van der Waals surface area contributed by atoms with Crippen LogP contribution in [0.25, 0.3) is 0 Å². The van der Waals surface area contributed by atoms with Gasteiger partial charge in [-0.3, -0.25) is 0 Å². The van der Waals surface area contributed by atoms with Crippen LogP contribution in [-0.4, -0.2) is 7.11 Å². The number of nitrogen functional groups attached to an aromatic ring is 1. The standard InChI is InChI=1S/C9H10N2O/c1-6-3-7(5-10)9(11)8(4-6)12-2/h3-4H,11H2,1-2H3. The lowest BCUT2D eigenvalue weighted by Gasteiger charge is -2.06. The van der Waals surface area contributed by atoms with E-state index in [1.165, 1.54) is 7.11 Å². The number of ether oxygens (including phenoxy) is 1. The maximum Gasteiger partial charge on any atom is 0.143 e. The van der Waals surface area contributed by atoms with Gasteiger partial charge in [0.2, 0.25) is 0 Å². The molecule has 2 N–H and O–H groups in total. The van der Waals surface area contributed by atoms with Crippen molar-refractivity contribution >= 4 is 5.69 Å². The highest BCUT2D eigenvalue weighted by Crippen LogP contribution is 2.25. The molecule has 62 valence electrons. The molecule has 0 saturated heterocycles. The number of rotatable bonds is 1. The highest BCUT2D eigenvalue weighted by molar-refractivity contribution is 5.64. The number of benzene rings is 1. The number of hydrogen-bond donors (Lipinski definition) is 1. The molecule has 0 saturated carbocycles. The predicted octanol–water partition coefficient (Wildman–Crippen LogP) is 1.46. The molecule has 0 unspecified atom stereocenters. The molecule has 0 aliphatic heterocycles. The Bertz CT molecular complexity index is 339. The summed E-state index contributed by atoms with van der Waals surface area (Å²) in [4.78, 5) is 0. The van der Waals surface area contributed by atoms with E-state index in [2.05, 4.69) is 0 Å². The van der Waals surface area contributed by atoms with E-state index < -0.39 is 0 Å². The Labute approximate surface area is 71.4 Å². The highest BCUT2D eigenvalue weighted by atomic mass is 16.5. The first-order valence-corrected chi connectivity index (χ1v) is 3.53. The monoisotopic (exact) mass is 162 g/mol. The largest absolute Gasteiger partial charge is 0.495 e. The van der Waals surface area contributed by atoms with Crippen molar-refractivity contribution in [3.63, 3.8) is 0 Å². The first-order valence-electron chi connectivity index (χ1n) is 3.53. The molecule has 1 aromatic carbocycles. The average molecular weight is 162 g/mol. The summed E-state index contributed by atoms with van der Waals surface area (Å²) in [6.07, 6.45) is 0. The Morgan fingerprint density at radius 2 is 2.17 bits per heavy atom. The van der Waals surface area contributed by atoms with E-state index in [4.69, 9.17) is 15.7 Å². The number of nitrogens with zero attached hydrogens (tertiary/aromatic N) is 1. The van der Waals surface area contributed by atoms with Crippen LogP contribution in [0.4, 0.5) is 5.69 Å². The van der Waals surface area contributed by atoms with Gasteiger partial charge in [-0.05, 0) is 24.6 Å². The minimum atomic E-state index is 0.408. The van der Waals surface area contributed by atoms with Crippen molar-refractivity contribution in [1.29, 1.82) is 5.26 Å². The second-order valence-electron chi connectivity index (χ2n) is 2.54. The van der Waals surface area contributed by atoms with Crippen LogP contribution in [0, 0.1) is 18.3 Å². The quantitative estimate of drug-likeness (QED) is 0.636. The van der Waals surface area contributed by atoms with Gasteiger partial charge in [-0.2, -0.15) is 5.26 Å². The Kier molecular flexibility index (Phi) is 2.20. The van der Waals surface area contributed by atoms with Crippen LogP contribution in [0.5, 0.6) is 5.75 Å². The average Bonchev–Trinajstić information content (AvgIpc) is 2.08. The van der Waals surface area contributed by atoms with Crippen molar-refractivity contribution in [2.45, 2.75) is 6.92 Å². The van der Waals surface area contributed by atoms with E-state index in [1.54, 1.807) is 12.1 Å². The zero-order valence-electron chi connectivity index (χ0n) is 7.09. The zero-order valence-corrected chi connectivity index (χ0v) is 7.09. The lowest BCUT2D eigenvalue weighted by Crippen LogP contribution is -1.96. The van der Waals surface area contributed by atoms with Gasteiger partial charge in [-0.15, -0.1) is 0 Å². The molecule has 0 radical (unpaired) electrons. The fraction of sp³-hybridized carbons (Fsp3) is 0.222. The summed E-state index contributed by atoms with van der Waals surface area (Å²) in [6.45, 7) is 1.89. The van der Waals surface area contributed by atoms with Crippen LogP contribution in [0.15, 0.2) is 12.1 Å². The molecule has 1 aromatic rings. The summed E-state index contributed by atoms with van der Waals surface area (Å²) in [6, 6.07) is 5.54. The molecule has 0 aliphatic carbocycles. The fourth-order valence-corrected chi connectivity index (χ4v) is 1.03.